The summed E-state index contributed by atoms with van der Waals surface area (Å²) in [6, 6.07) is 1.59. The number of methoxy groups -OCH3 is 1. The van der Waals surface area contributed by atoms with E-state index in [1.165, 1.54) is 7.11 Å². The van der Waals surface area contributed by atoms with Crippen molar-refractivity contribution in [2.45, 2.75) is 13.0 Å². The first-order valence-electron chi connectivity index (χ1n) is 6.55. The number of nitrogens with zero attached hydrogens (tertiary/aromatic N) is 3. The number of rotatable bonds is 4. The maximum atomic E-state index is 12.1. The van der Waals surface area contributed by atoms with Gasteiger partial charge in [0.05, 0.1) is 13.2 Å². The van der Waals surface area contributed by atoms with Crippen molar-refractivity contribution >= 4 is 11.7 Å². The van der Waals surface area contributed by atoms with Crippen molar-refractivity contribution in [3.05, 3.63) is 17.6 Å². The monoisotopic (exact) mass is 280 g/mol. The predicted octanol–water partition coefficient (Wildman–Crippen LogP) is 0.373. The number of carbonyl (C=O) groups excluding carboxylic acids is 1. The molecule has 110 valence electrons. The van der Waals surface area contributed by atoms with Gasteiger partial charge in [0.1, 0.15) is 18.5 Å². The molecule has 0 spiro atoms. The molecule has 7 heteroatoms. The zero-order chi connectivity index (χ0) is 14.5. The molecule has 1 saturated heterocycles. The highest BCUT2D eigenvalue weighted by Gasteiger charge is 2.30. The van der Waals surface area contributed by atoms with Crippen LogP contribution in [-0.2, 0) is 14.3 Å². The number of hydrogen-bond donors (Lipinski definition) is 1. The van der Waals surface area contributed by atoms with E-state index in [0.29, 0.717) is 25.6 Å². The Labute approximate surface area is 118 Å². The summed E-state index contributed by atoms with van der Waals surface area (Å²) in [4.78, 5) is 22.7. The van der Waals surface area contributed by atoms with E-state index >= 15 is 0 Å². The smallest absolute Gasteiger partial charge is 0.249 e. The van der Waals surface area contributed by atoms with Gasteiger partial charge in [-0.1, -0.05) is 0 Å². The Morgan fingerprint density at radius 1 is 1.60 bits per heavy atom. The van der Waals surface area contributed by atoms with Crippen molar-refractivity contribution < 1.29 is 14.3 Å². The van der Waals surface area contributed by atoms with Crippen LogP contribution in [0.25, 0.3) is 0 Å². The second-order valence-corrected chi connectivity index (χ2v) is 4.61. The highest BCUT2D eigenvalue weighted by molar-refractivity contribution is 5.78. The summed E-state index contributed by atoms with van der Waals surface area (Å²) >= 11 is 0. The minimum Gasteiger partial charge on any atom is -0.377 e. The van der Waals surface area contributed by atoms with Gasteiger partial charge in [-0.05, 0) is 6.92 Å². The average Bonchev–Trinajstić information content (AvgIpc) is 2.46. The molecule has 1 aromatic rings. The lowest BCUT2D eigenvalue weighted by molar-refractivity contribution is -0.144. The maximum Gasteiger partial charge on any atom is 0.249 e. The molecule has 1 unspecified atom stereocenters. The van der Waals surface area contributed by atoms with Crippen LogP contribution in [0.3, 0.4) is 0 Å². The molecular weight excluding hydrogens is 260 g/mol. The van der Waals surface area contributed by atoms with Gasteiger partial charge in [0.2, 0.25) is 5.91 Å². The van der Waals surface area contributed by atoms with Crippen molar-refractivity contribution in [1.29, 1.82) is 0 Å². The molecule has 1 aromatic heterocycles. The Bertz CT molecular complexity index is 481. The van der Waals surface area contributed by atoms with Gasteiger partial charge in [-0.25, -0.2) is 9.97 Å². The zero-order valence-electron chi connectivity index (χ0n) is 12.0. The van der Waals surface area contributed by atoms with Gasteiger partial charge in [-0.15, -0.1) is 0 Å². The Balaban J connectivity index is 2.27. The molecule has 1 fully saturated rings. The topological polar surface area (TPSA) is 76.6 Å². The summed E-state index contributed by atoms with van der Waals surface area (Å²) in [5.41, 5.74) is 0.851. The molecule has 1 aliphatic rings. The van der Waals surface area contributed by atoms with Crippen LogP contribution in [0.5, 0.6) is 0 Å². The first-order chi connectivity index (χ1) is 9.65. The van der Waals surface area contributed by atoms with Gasteiger partial charge >= 0.3 is 0 Å². The maximum absolute atomic E-state index is 12.1. The second-order valence-electron chi connectivity index (χ2n) is 4.61. The van der Waals surface area contributed by atoms with Gasteiger partial charge in [0.25, 0.3) is 0 Å². The van der Waals surface area contributed by atoms with Crippen LogP contribution in [0, 0.1) is 6.92 Å². The van der Waals surface area contributed by atoms with E-state index in [2.05, 4.69) is 15.3 Å². The molecule has 20 heavy (non-hydrogen) atoms. The Hall–Kier alpha value is -1.73. The first-order valence-corrected chi connectivity index (χ1v) is 6.55. The molecular formula is C13H20N4O3. The first kappa shape index (κ1) is 14.7. The van der Waals surface area contributed by atoms with Crippen molar-refractivity contribution in [2.24, 2.45) is 0 Å². The average molecular weight is 280 g/mol. The number of aryl methyl sites for hydroxylation is 1. The van der Waals surface area contributed by atoms with E-state index in [-0.39, 0.29) is 18.6 Å². The standard InChI is InChI=1S/C13H20N4O3/c1-9-6-11(14-2)16-13(15-9)10-7-20-5-4-17(10)12(18)8-19-3/h6,10H,4-5,7-8H2,1-3H3,(H,14,15,16). The Kier molecular flexibility index (Phi) is 4.86. The molecule has 7 nitrogen and oxygen atoms in total. The number of ether oxygens (including phenoxy) is 2. The van der Waals surface area contributed by atoms with Crippen molar-refractivity contribution in [2.75, 3.05) is 45.8 Å². The van der Waals surface area contributed by atoms with Gasteiger partial charge in [0.15, 0.2) is 5.82 Å². The zero-order valence-corrected chi connectivity index (χ0v) is 12.0. The molecule has 1 aliphatic heterocycles. The summed E-state index contributed by atoms with van der Waals surface area (Å²) < 4.78 is 10.4. The van der Waals surface area contributed by atoms with Gasteiger partial charge in [0, 0.05) is 32.5 Å². The number of amides is 1. The summed E-state index contributed by atoms with van der Waals surface area (Å²) in [5.74, 6) is 1.26. The molecule has 0 aliphatic carbocycles. The molecule has 1 amide bonds. The predicted molar refractivity (Wildman–Crippen MR) is 73.5 cm³/mol. The number of morpholine rings is 1. The van der Waals surface area contributed by atoms with Crippen LogP contribution in [0.15, 0.2) is 6.07 Å². The van der Waals surface area contributed by atoms with E-state index < -0.39 is 0 Å². The Morgan fingerprint density at radius 2 is 2.40 bits per heavy atom. The SMILES string of the molecule is CNc1cc(C)nc(C2COCCN2C(=O)COC)n1. The lowest BCUT2D eigenvalue weighted by Gasteiger charge is -2.34. The van der Waals surface area contributed by atoms with Gasteiger partial charge in [-0.2, -0.15) is 0 Å². The lowest BCUT2D eigenvalue weighted by atomic mass is 10.2. The molecule has 1 N–H and O–H groups in total. The van der Waals surface area contributed by atoms with Crippen LogP contribution >= 0.6 is 0 Å². The van der Waals surface area contributed by atoms with Crippen LogP contribution < -0.4 is 5.32 Å². The minimum atomic E-state index is -0.265. The Morgan fingerprint density at radius 3 is 3.10 bits per heavy atom. The third-order valence-corrected chi connectivity index (χ3v) is 3.14. The van der Waals surface area contributed by atoms with E-state index in [1.807, 2.05) is 13.0 Å². The fourth-order valence-electron chi connectivity index (χ4n) is 2.19. The van der Waals surface area contributed by atoms with E-state index in [1.54, 1.807) is 11.9 Å². The summed E-state index contributed by atoms with van der Waals surface area (Å²) in [5, 5.41) is 3.00. The van der Waals surface area contributed by atoms with Crippen LogP contribution in [-0.4, -0.2) is 61.3 Å². The van der Waals surface area contributed by atoms with Crippen LogP contribution in [0.4, 0.5) is 5.82 Å². The fourth-order valence-corrected chi connectivity index (χ4v) is 2.19. The minimum absolute atomic E-state index is 0.0567. The number of nitrogens with one attached hydrogen (secondary N) is 1. The van der Waals surface area contributed by atoms with E-state index in [0.717, 1.165) is 11.5 Å². The largest absolute Gasteiger partial charge is 0.377 e. The summed E-state index contributed by atoms with van der Waals surface area (Å²) in [6.45, 7) is 3.41. The molecule has 2 rings (SSSR count). The second kappa shape index (κ2) is 6.62. The molecule has 0 saturated carbocycles. The molecule has 2 heterocycles. The molecule has 0 aromatic carbocycles. The number of carbonyl (C=O) groups is 1. The van der Waals surface area contributed by atoms with Gasteiger partial charge in [-0.3, -0.25) is 4.79 Å². The third kappa shape index (κ3) is 3.23. The third-order valence-electron chi connectivity index (χ3n) is 3.14. The number of aromatic nitrogens is 2. The van der Waals surface area contributed by atoms with E-state index in [9.17, 15) is 4.79 Å². The lowest BCUT2D eigenvalue weighted by Crippen LogP contribution is -2.45. The number of anilines is 1. The van der Waals surface area contributed by atoms with Crippen molar-refractivity contribution in [3.8, 4) is 0 Å². The quantitative estimate of drug-likeness (QED) is 0.859. The summed E-state index contributed by atoms with van der Waals surface area (Å²) in [7, 11) is 3.31. The van der Waals surface area contributed by atoms with Crippen molar-refractivity contribution in [3.63, 3.8) is 0 Å². The normalized spacial score (nSPS) is 18.9. The number of hydrogen-bond acceptors (Lipinski definition) is 6. The fraction of sp³-hybridized carbons (Fsp3) is 0.615. The highest BCUT2D eigenvalue weighted by atomic mass is 16.5. The highest BCUT2D eigenvalue weighted by Crippen LogP contribution is 2.23. The molecule has 0 radical (unpaired) electrons. The molecule has 0 bridgehead atoms. The van der Waals surface area contributed by atoms with Crippen molar-refractivity contribution in [1.82, 2.24) is 14.9 Å². The summed E-state index contributed by atoms with van der Waals surface area (Å²) in [6.07, 6.45) is 0. The van der Waals surface area contributed by atoms with Crippen LogP contribution in [0.1, 0.15) is 17.6 Å². The van der Waals surface area contributed by atoms with Crippen LogP contribution in [0.2, 0.25) is 0 Å². The molecule has 1 atom stereocenters. The van der Waals surface area contributed by atoms with E-state index in [4.69, 9.17) is 9.47 Å². The van der Waals surface area contributed by atoms with Gasteiger partial charge < -0.3 is 19.7 Å².